The van der Waals surface area contributed by atoms with E-state index in [9.17, 15) is 0 Å². The Balaban J connectivity index is 2.26. The molecule has 0 bridgehead atoms. The number of nitrogens with one attached hydrogen (secondary N) is 1. The molecule has 0 aliphatic carbocycles. The van der Waals surface area contributed by atoms with Crippen molar-refractivity contribution in [2.75, 3.05) is 12.4 Å². The van der Waals surface area contributed by atoms with Crippen LogP contribution in [0.5, 0.6) is 0 Å². The lowest BCUT2D eigenvalue weighted by atomic mass is 10.2. The number of fused-ring (bicyclic) bond motifs is 1. The van der Waals surface area contributed by atoms with Gasteiger partial charge in [-0.3, -0.25) is 0 Å². The standard InChI is InChI=1S/C17H19N3/c1-12(2)20-16-10-5-4-9-15(16)19-17(20)13-7-6-8-14(11-13)18-3/h4-12,18H,1-3H3. The number of aromatic nitrogens is 2. The van der Waals surface area contributed by atoms with Crippen molar-refractivity contribution in [1.82, 2.24) is 9.55 Å². The molecular formula is C17H19N3. The van der Waals surface area contributed by atoms with E-state index >= 15 is 0 Å². The largest absolute Gasteiger partial charge is 0.388 e. The maximum absolute atomic E-state index is 4.81. The highest BCUT2D eigenvalue weighted by atomic mass is 15.1. The SMILES string of the molecule is CNc1cccc(-c2nc3ccccc3n2C(C)C)c1. The Hall–Kier alpha value is -2.29. The van der Waals surface area contributed by atoms with Crippen LogP contribution in [0.3, 0.4) is 0 Å². The van der Waals surface area contributed by atoms with E-state index in [1.165, 1.54) is 5.52 Å². The van der Waals surface area contributed by atoms with Gasteiger partial charge in [0.15, 0.2) is 0 Å². The van der Waals surface area contributed by atoms with Gasteiger partial charge >= 0.3 is 0 Å². The molecule has 0 aliphatic rings. The summed E-state index contributed by atoms with van der Waals surface area (Å²) in [5.41, 5.74) is 4.48. The molecule has 1 N–H and O–H groups in total. The Labute approximate surface area is 119 Å². The first-order valence-electron chi connectivity index (χ1n) is 6.96. The van der Waals surface area contributed by atoms with Crippen molar-refractivity contribution in [2.45, 2.75) is 19.9 Å². The number of imidazole rings is 1. The first-order chi connectivity index (χ1) is 9.70. The van der Waals surface area contributed by atoms with Crippen LogP contribution in [0.2, 0.25) is 0 Å². The van der Waals surface area contributed by atoms with Gasteiger partial charge in [0.25, 0.3) is 0 Å². The second-order valence-corrected chi connectivity index (χ2v) is 5.22. The van der Waals surface area contributed by atoms with Crippen LogP contribution >= 0.6 is 0 Å². The fourth-order valence-corrected chi connectivity index (χ4v) is 2.58. The van der Waals surface area contributed by atoms with Crippen LogP contribution in [-0.2, 0) is 0 Å². The number of nitrogens with zero attached hydrogens (tertiary/aromatic N) is 2. The van der Waals surface area contributed by atoms with Crippen molar-refractivity contribution in [3.05, 3.63) is 48.5 Å². The minimum atomic E-state index is 0.371. The Morgan fingerprint density at radius 2 is 1.85 bits per heavy atom. The van der Waals surface area contributed by atoms with E-state index in [4.69, 9.17) is 4.98 Å². The number of hydrogen-bond donors (Lipinski definition) is 1. The molecule has 20 heavy (non-hydrogen) atoms. The number of anilines is 1. The summed E-state index contributed by atoms with van der Waals surface area (Å²) in [5.74, 6) is 1.03. The first-order valence-corrected chi connectivity index (χ1v) is 6.96. The second-order valence-electron chi connectivity index (χ2n) is 5.22. The molecule has 2 aromatic carbocycles. The molecule has 0 fully saturated rings. The van der Waals surface area contributed by atoms with Crippen LogP contribution in [-0.4, -0.2) is 16.6 Å². The molecule has 1 aromatic heterocycles. The summed E-state index contributed by atoms with van der Waals surface area (Å²) in [6.45, 7) is 4.39. The highest BCUT2D eigenvalue weighted by Gasteiger charge is 2.14. The van der Waals surface area contributed by atoms with Gasteiger partial charge in [-0.15, -0.1) is 0 Å². The van der Waals surface area contributed by atoms with E-state index in [0.717, 1.165) is 22.6 Å². The van der Waals surface area contributed by atoms with E-state index in [1.807, 2.05) is 13.1 Å². The predicted octanol–water partition coefficient (Wildman–Crippen LogP) is 4.33. The number of rotatable bonds is 3. The smallest absolute Gasteiger partial charge is 0.141 e. The van der Waals surface area contributed by atoms with Gasteiger partial charge < -0.3 is 9.88 Å². The Kier molecular flexibility index (Phi) is 3.18. The molecule has 0 aliphatic heterocycles. The molecule has 0 unspecified atom stereocenters. The molecule has 0 saturated heterocycles. The summed E-state index contributed by atoms with van der Waals surface area (Å²) in [6.07, 6.45) is 0. The zero-order chi connectivity index (χ0) is 14.1. The van der Waals surface area contributed by atoms with E-state index in [-0.39, 0.29) is 0 Å². The molecule has 0 radical (unpaired) electrons. The average molecular weight is 265 g/mol. The van der Waals surface area contributed by atoms with Crippen molar-refractivity contribution in [3.63, 3.8) is 0 Å². The Morgan fingerprint density at radius 3 is 2.60 bits per heavy atom. The topological polar surface area (TPSA) is 29.9 Å². The van der Waals surface area contributed by atoms with Crippen molar-refractivity contribution < 1.29 is 0 Å². The number of benzene rings is 2. The van der Waals surface area contributed by atoms with Gasteiger partial charge in [-0.25, -0.2) is 4.98 Å². The summed E-state index contributed by atoms with van der Waals surface area (Å²) in [7, 11) is 1.94. The average Bonchev–Trinajstić information content (AvgIpc) is 2.87. The van der Waals surface area contributed by atoms with Crippen LogP contribution in [0.25, 0.3) is 22.4 Å². The van der Waals surface area contributed by atoms with Crippen LogP contribution in [0, 0.1) is 0 Å². The minimum absolute atomic E-state index is 0.371. The summed E-state index contributed by atoms with van der Waals surface area (Å²) < 4.78 is 2.30. The monoisotopic (exact) mass is 265 g/mol. The second kappa shape index (κ2) is 5.00. The highest BCUT2D eigenvalue weighted by molar-refractivity contribution is 5.81. The molecule has 0 saturated carbocycles. The van der Waals surface area contributed by atoms with Gasteiger partial charge in [0, 0.05) is 24.3 Å². The molecule has 3 nitrogen and oxygen atoms in total. The molecular weight excluding hydrogens is 246 g/mol. The molecule has 3 heteroatoms. The van der Waals surface area contributed by atoms with Gasteiger partial charge in [0.05, 0.1) is 11.0 Å². The molecule has 102 valence electrons. The van der Waals surface area contributed by atoms with E-state index in [1.54, 1.807) is 0 Å². The van der Waals surface area contributed by atoms with Gasteiger partial charge in [-0.1, -0.05) is 24.3 Å². The van der Waals surface area contributed by atoms with Gasteiger partial charge in [-0.2, -0.15) is 0 Å². The molecule has 0 atom stereocenters. The van der Waals surface area contributed by atoms with Crippen LogP contribution in [0.15, 0.2) is 48.5 Å². The summed E-state index contributed by atoms with van der Waals surface area (Å²) in [6, 6.07) is 17.0. The minimum Gasteiger partial charge on any atom is -0.388 e. The molecule has 3 rings (SSSR count). The highest BCUT2D eigenvalue weighted by Crippen LogP contribution is 2.29. The zero-order valence-corrected chi connectivity index (χ0v) is 12.1. The maximum Gasteiger partial charge on any atom is 0.141 e. The van der Waals surface area contributed by atoms with E-state index in [0.29, 0.717) is 6.04 Å². The lowest BCUT2D eigenvalue weighted by Crippen LogP contribution is -2.03. The van der Waals surface area contributed by atoms with E-state index < -0.39 is 0 Å². The summed E-state index contributed by atoms with van der Waals surface area (Å²) in [5, 5.41) is 3.18. The van der Waals surface area contributed by atoms with E-state index in [2.05, 4.69) is 66.2 Å². The van der Waals surface area contributed by atoms with Gasteiger partial charge in [0.2, 0.25) is 0 Å². The van der Waals surface area contributed by atoms with Crippen molar-refractivity contribution in [3.8, 4) is 11.4 Å². The zero-order valence-electron chi connectivity index (χ0n) is 12.1. The first kappa shape index (κ1) is 12.7. The van der Waals surface area contributed by atoms with Crippen LogP contribution in [0.4, 0.5) is 5.69 Å². The predicted molar refractivity (Wildman–Crippen MR) is 85.1 cm³/mol. The third-order valence-electron chi connectivity index (χ3n) is 3.52. The lowest BCUT2D eigenvalue weighted by molar-refractivity contribution is 0.624. The molecule has 1 heterocycles. The lowest BCUT2D eigenvalue weighted by Gasteiger charge is -2.13. The fraction of sp³-hybridized carbons (Fsp3) is 0.235. The Bertz CT molecular complexity index is 741. The van der Waals surface area contributed by atoms with Crippen molar-refractivity contribution in [1.29, 1.82) is 0 Å². The molecule has 0 amide bonds. The van der Waals surface area contributed by atoms with Crippen LogP contribution in [0.1, 0.15) is 19.9 Å². The summed E-state index contributed by atoms with van der Waals surface area (Å²) >= 11 is 0. The number of hydrogen-bond acceptors (Lipinski definition) is 2. The summed E-state index contributed by atoms with van der Waals surface area (Å²) in [4.78, 5) is 4.81. The maximum atomic E-state index is 4.81. The molecule has 3 aromatic rings. The van der Waals surface area contributed by atoms with Crippen molar-refractivity contribution in [2.24, 2.45) is 0 Å². The third-order valence-corrected chi connectivity index (χ3v) is 3.52. The number of para-hydroxylation sites is 2. The normalized spacial score (nSPS) is 11.2. The van der Waals surface area contributed by atoms with Gasteiger partial charge in [-0.05, 0) is 38.1 Å². The quantitative estimate of drug-likeness (QED) is 0.764. The van der Waals surface area contributed by atoms with Crippen LogP contribution < -0.4 is 5.32 Å². The Morgan fingerprint density at radius 1 is 1.05 bits per heavy atom. The van der Waals surface area contributed by atoms with Gasteiger partial charge in [0.1, 0.15) is 5.82 Å². The van der Waals surface area contributed by atoms with Crippen molar-refractivity contribution >= 4 is 16.7 Å². The third kappa shape index (κ3) is 2.05. The molecule has 0 spiro atoms. The fourth-order valence-electron chi connectivity index (χ4n) is 2.58.